The van der Waals surface area contributed by atoms with Crippen LogP contribution in [0.5, 0.6) is 0 Å². The van der Waals surface area contributed by atoms with Crippen LogP contribution in [0.15, 0.2) is 27.3 Å². The molecule has 3 rings (SSSR count). The van der Waals surface area contributed by atoms with Crippen LogP contribution >= 0.6 is 31.9 Å². The number of hydrogen-bond acceptors (Lipinski definition) is 3. The maximum absolute atomic E-state index is 13.8. The van der Waals surface area contributed by atoms with Crippen molar-refractivity contribution >= 4 is 43.4 Å². The molecule has 2 aromatic rings. The van der Waals surface area contributed by atoms with E-state index in [0.29, 0.717) is 16.3 Å². The van der Waals surface area contributed by atoms with E-state index in [-0.39, 0.29) is 10.2 Å². The van der Waals surface area contributed by atoms with Gasteiger partial charge >= 0.3 is 0 Å². The van der Waals surface area contributed by atoms with Gasteiger partial charge in [-0.15, -0.1) is 0 Å². The van der Waals surface area contributed by atoms with Gasteiger partial charge in [0, 0.05) is 18.1 Å². The van der Waals surface area contributed by atoms with Gasteiger partial charge in [-0.25, -0.2) is 18.7 Å². The third-order valence-corrected chi connectivity index (χ3v) is 3.94. The zero-order chi connectivity index (χ0) is 14.3. The summed E-state index contributed by atoms with van der Waals surface area (Å²) in [6.45, 7) is 0. The zero-order valence-corrected chi connectivity index (χ0v) is 13.3. The van der Waals surface area contributed by atoms with Gasteiger partial charge in [-0.05, 0) is 50.8 Å². The largest absolute Gasteiger partial charge is 0.338 e. The highest BCUT2D eigenvalue weighted by atomic mass is 79.9. The first-order valence-corrected chi connectivity index (χ1v) is 7.57. The molecule has 0 bridgehead atoms. The molecule has 1 aliphatic carbocycles. The van der Waals surface area contributed by atoms with Crippen LogP contribution in [0.1, 0.15) is 24.6 Å². The van der Waals surface area contributed by atoms with Crippen molar-refractivity contribution in [3.63, 3.8) is 0 Å². The van der Waals surface area contributed by atoms with Crippen molar-refractivity contribution in [3.8, 4) is 0 Å². The molecule has 1 aliphatic rings. The second-order valence-electron chi connectivity index (χ2n) is 4.58. The predicted octanol–water partition coefficient (Wildman–Crippen LogP) is 4.90. The van der Waals surface area contributed by atoms with Gasteiger partial charge in [-0.1, -0.05) is 0 Å². The van der Waals surface area contributed by atoms with Gasteiger partial charge in [0.25, 0.3) is 0 Å². The van der Waals surface area contributed by atoms with Crippen LogP contribution in [0.2, 0.25) is 0 Å². The third-order valence-electron chi connectivity index (χ3n) is 2.93. The van der Waals surface area contributed by atoms with E-state index in [1.165, 1.54) is 0 Å². The maximum Gasteiger partial charge on any atom is 0.148 e. The van der Waals surface area contributed by atoms with Crippen molar-refractivity contribution in [1.82, 2.24) is 9.97 Å². The van der Waals surface area contributed by atoms with Crippen LogP contribution in [0.4, 0.5) is 20.3 Å². The van der Waals surface area contributed by atoms with Crippen molar-refractivity contribution < 1.29 is 8.78 Å². The van der Waals surface area contributed by atoms with Crippen LogP contribution in [0.25, 0.3) is 0 Å². The lowest BCUT2D eigenvalue weighted by Gasteiger charge is -2.09. The average molecular weight is 405 g/mol. The predicted molar refractivity (Wildman–Crippen MR) is 79.0 cm³/mol. The van der Waals surface area contributed by atoms with Crippen LogP contribution < -0.4 is 5.32 Å². The van der Waals surface area contributed by atoms with E-state index in [4.69, 9.17) is 0 Å². The summed E-state index contributed by atoms with van der Waals surface area (Å²) in [6, 6.07) is 3.80. The molecule has 0 unspecified atom stereocenters. The molecule has 1 saturated carbocycles. The first kappa shape index (κ1) is 13.9. The summed E-state index contributed by atoms with van der Waals surface area (Å²) in [6.07, 6.45) is 2.13. The molecule has 1 heterocycles. The minimum absolute atomic E-state index is 0.0399. The van der Waals surface area contributed by atoms with Gasteiger partial charge in [-0.2, -0.15) is 0 Å². The van der Waals surface area contributed by atoms with Gasteiger partial charge in [0.1, 0.15) is 27.9 Å². The van der Waals surface area contributed by atoms with Crippen LogP contribution in [-0.4, -0.2) is 9.97 Å². The lowest BCUT2D eigenvalue weighted by atomic mass is 10.3. The van der Waals surface area contributed by atoms with Crippen molar-refractivity contribution in [3.05, 3.63) is 44.7 Å². The molecule has 0 atom stereocenters. The Balaban J connectivity index is 1.92. The van der Waals surface area contributed by atoms with E-state index >= 15 is 0 Å². The number of nitrogens with one attached hydrogen (secondary N) is 1. The number of benzene rings is 1. The van der Waals surface area contributed by atoms with Crippen LogP contribution in [0, 0.1) is 11.6 Å². The smallest absolute Gasteiger partial charge is 0.148 e. The summed E-state index contributed by atoms with van der Waals surface area (Å²) in [5.74, 6) is 0.444. The minimum atomic E-state index is -0.555. The van der Waals surface area contributed by atoms with E-state index in [0.717, 1.165) is 30.8 Å². The second-order valence-corrected chi connectivity index (χ2v) is 6.25. The summed E-state index contributed by atoms with van der Waals surface area (Å²) in [7, 11) is 0. The fraction of sp³-hybridized carbons (Fsp3) is 0.231. The van der Waals surface area contributed by atoms with Crippen LogP contribution in [0.3, 0.4) is 0 Å². The van der Waals surface area contributed by atoms with E-state index in [2.05, 4.69) is 47.1 Å². The summed E-state index contributed by atoms with van der Waals surface area (Å²) in [5, 5.41) is 2.79. The minimum Gasteiger partial charge on any atom is -0.338 e. The molecule has 104 valence electrons. The monoisotopic (exact) mass is 403 g/mol. The first-order chi connectivity index (χ1) is 9.52. The van der Waals surface area contributed by atoms with Crippen molar-refractivity contribution in [2.24, 2.45) is 0 Å². The van der Waals surface area contributed by atoms with Gasteiger partial charge in [-0.3, -0.25) is 0 Å². The summed E-state index contributed by atoms with van der Waals surface area (Å²) >= 11 is 6.24. The molecule has 1 aromatic carbocycles. The number of aromatic nitrogens is 2. The molecule has 1 N–H and O–H groups in total. The first-order valence-electron chi connectivity index (χ1n) is 5.99. The Kier molecular flexibility index (Phi) is 3.72. The standard InChI is InChI=1S/C13H9Br2F2N3/c14-7-3-9(17)10(4-8(7)16)18-12-5-11(15)19-13(20-12)6-1-2-6/h3-6H,1-2H2,(H,18,19,20). The fourth-order valence-corrected chi connectivity index (χ4v) is 2.49. The molecule has 7 heteroatoms. The lowest BCUT2D eigenvalue weighted by Crippen LogP contribution is -2.01. The molecule has 0 amide bonds. The van der Waals surface area contributed by atoms with E-state index in [1.807, 2.05) is 0 Å². The maximum atomic E-state index is 13.8. The summed E-state index contributed by atoms with van der Waals surface area (Å²) in [5.41, 5.74) is 0.0399. The number of anilines is 2. The number of hydrogen-bond donors (Lipinski definition) is 1. The van der Waals surface area contributed by atoms with E-state index in [9.17, 15) is 8.78 Å². The normalized spacial score (nSPS) is 14.4. The van der Waals surface area contributed by atoms with Gasteiger partial charge in [0.05, 0.1) is 10.2 Å². The quantitative estimate of drug-likeness (QED) is 0.583. The van der Waals surface area contributed by atoms with Crippen LogP contribution in [-0.2, 0) is 0 Å². The van der Waals surface area contributed by atoms with Crippen molar-refractivity contribution in [2.45, 2.75) is 18.8 Å². The fourth-order valence-electron chi connectivity index (χ4n) is 1.78. The highest BCUT2D eigenvalue weighted by molar-refractivity contribution is 9.10. The highest BCUT2D eigenvalue weighted by Crippen LogP contribution is 2.39. The highest BCUT2D eigenvalue weighted by Gasteiger charge is 2.27. The Morgan fingerprint density at radius 1 is 1.05 bits per heavy atom. The lowest BCUT2D eigenvalue weighted by molar-refractivity contribution is 0.597. The molecular weight excluding hydrogens is 396 g/mol. The molecule has 0 spiro atoms. The Morgan fingerprint density at radius 3 is 2.50 bits per heavy atom. The second kappa shape index (κ2) is 5.37. The van der Waals surface area contributed by atoms with Gasteiger partial charge < -0.3 is 5.32 Å². The zero-order valence-electron chi connectivity index (χ0n) is 10.1. The summed E-state index contributed by atoms with van der Waals surface area (Å²) in [4.78, 5) is 8.61. The molecule has 3 nitrogen and oxygen atoms in total. The van der Waals surface area contributed by atoms with Crippen molar-refractivity contribution in [2.75, 3.05) is 5.32 Å². The Hall–Kier alpha value is -1.08. The third kappa shape index (κ3) is 2.98. The molecular formula is C13H9Br2F2N3. The molecule has 0 radical (unpaired) electrons. The molecule has 20 heavy (non-hydrogen) atoms. The molecule has 1 aromatic heterocycles. The van der Waals surface area contributed by atoms with Crippen molar-refractivity contribution in [1.29, 1.82) is 0 Å². The van der Waals surface area contributed by atoms with Gasteiger partial charge in [0.2, 0.25) is 0 Å². The Bertz CT molecular complexity index is 675. The average Bonchev–Trinajstić information content (AvgIpc) is 3.19. The van der Waals surface area contributed by atoms with E-state index < -0.39 is 11.6 Å². The van der Waals surface area contributed by atoms with E-state index in [1.54, 1.807) is 6.07 Å². The topological polar surface area (TPSA) is 37.8 Å². The number of rotatable bonds is 3. The molecule has 0 aliphatic heterocycles. The molecule has 0 saturated heterocycles. The molecule has 1 fully saturated rings. The summed E-state index contributed by atoms with van der Waals surface area (Å²) < 4.78 is 27.9. The SMILES string of the molecule is Fc1cc(Nc2cc(Br)nc(C3CC3)n2)c(F)cc1Br. The Labute approximate surface area is 131 Å². The number of halogens is 4. The Morgan fingerprint density at radius 2 is 1.80 bits per heavy atom. The van der Waals surface area contributed by atoms with Gasteiger partial charge in [0.15, 0.2) is 0 Å². The number of nitrogens with zero attached hydrogens (tertiary/aromatic N) is 2.